The molecule has 0 aliphatic rings. The molecule has 0 radical (unpaired) electrons. The summed E-state index contributed by atoms with van der Waals surface area (Å²) >= 11 is 0. The molecule has 0 unspecified atom stereocenters. The quantitative estimate of drug-likeness (QED) is 0.789. The Labute approximate surface area is 102 Å². The molecule has 2 rings (SSSR count). The summed E-state index contributed by atoms with van der Waals surface area (Å²) in [5.41, 5.74) is 2.08. The van der Waals surface area contributed by atoms with Crippen molar-refractivity contribution in [3.63, 3.8) is 0 Å². The van der Waals surface area contributed by atoms with Gasteiger partial charge in [-0.3, -0.25) is 0 Å². The number of fused-ring (bicyclic) bond motifs is 1. The van der Waals surface area contributed by atoms with Crippen molar-refractivity contribution in [3.8, 4) is 0 Å². The van der Waals surface area contributed by atoms with Gasteiger partial charge in [0.05, 0.1) is 5.52 Å². The van der Waals surface area contributed by atoms with Crippen LogP contribution < -0.4 is 4.90 Å². The Morgan fingerprint density at radius 2 is 1.88 bits per heavy atom. The summed E-state index contributed by atoms with van der Waals surface area (Å²) in [7, 11) is 4.01. The van der Waals surface area contributed by atoms with Crippen LogP contribution in [-0.2, 0) is 0 Å². The largest absolute Gasteiger partial charge is 0.362 e. The summed E-state index contributed by atoms with van der Waals surface area (Å²) in [6.07, 6.45) is 2.03. The van der Waals surface area contributed by atoms with E-state index >= 15 is 0 Å². The molecule has 3 nitrogen and oxygen atoms in total. The second-order valence-electron chi connectivity index (χ2n) is 4.25. The van der Waals surface area contributed by atoms with Gasteiger partial charge in [-0.25, -0.2) is 9.97 Å². The highest BCUT2D eigenvalue weighted by molar-refractivity contribution is 5.90. The Hall–Kier alpha value is -1.90. The second kappa shape index (κ2) is 4.53. The predicted molar refractivity (Wildman–Crippen MR) is 73.2 cm³/mol. The van der Waals surface area contributed by atoms with Crippen molar-refractivity contribution >= 4 is 22.3 Å². The molecule has 1 heterocycles. The fraction of sp³-hybridized carbons (Fsp3) is 0.286. The van der Waals surface area contributed by atoms with Gasteiger partial charge in [0, 0.05) is 19.5 Å². The van der Waals surface area contributed by atoms with E-state index in [0.717, 1.165) is 28.1 Å². The summed E-state index contributed by atoms with van der Waals surface area (Å²) in [6.45, 7) is 4.03. The van der Waals surface area contributed by atoms with Gasteiger partial charge in [0.2, 0.25) is 0 Å². The maximum Gasteiger partial charge on any atom is 0.157 e. The van der Waals surface area contributed by atoms with Gasteiger partial charge in [0.25, 0.3) is 0 Å². The summed E-state index contributed by atoms with van der Waals surface area (Å²) in [5, 5.41) is 1.09. The lowest BCUT2D eigenvalue weighted by atomic mass is 10.2. The molecule has 0 bridgehead atoms. The van der Waals surface area contributed by atoms with Gasteiger partial charge >= 0.3 is 0 Å². The minimum absolute atomic E-state index is 0.801. The average molecular weight is 227 g/mol. The molecule has 0 aliphatic heterocycles. The first-order valence-electron chi connectivity index (χ1n) is 5.71. The number of anilines is 1. The first kappa shape index (κ1) is 11.6. The molecule has 1 aromatic carbocycles. The van der Waals surface area contributed by atoms with Crippen molar-refractivity contribution in [2.45, 2.75) is 13.8 Å². The van der Waals surface area contributed by atoms with E-state index in [0.29, 0.717) is 0 Å². The highest BCUT2D eigenvalue weighted by Gasteiger charge is 2.09. The Balaban J connectivity index is 2.76. The van der Waals surface area contributed by atoms with Gasteiger partial charge in [0.1, 0.15) is 5.82 Å². The Bertz CT molecular complexity index is 571. The van der Waals surface area contributed by atoms with Crippen LogP contribution in [0.3, 0.4) is 0 Å². The topological polar surface area (TPSA) is 29.0 Å². The molecule has 0 N–H and O–H groups in total. The Morgan fingerprint density at radius 1 is 1.18 bits per heavy atom. The molecule has 17 heavy (non-hydrogen) atoms. The molecule has 2 aromatic rings. The molecule has 0 saturated carbocycles. The van der Waals surface area contributed by atoms with Crippen LogP contribution in [0.5, 0.6) is 0 Å². The number of benzene rings is 1. The minimum atomic E-state index is 0.801. The van der Waals surface area contributed by atoms with Gasteiger partial charge in [-0.05, 0) is 31.6 Å². The van der Waals surface area contributed by atoms with Gasteiger partial charge in [-0.2, -0.15) is 0 Å². The van der Waals surface area contributed by atoms with E-state index in [-0.39, 0.29) is 0 Å². The van der Waals surface area contributed by atoms with E-state index in [1.165, 1.54) is 0 Å². The van der Waals surface area contributed by atoms with Crippen LogP contribution in [0.4, 0.5) is 5.82 Å². The van der Waals surface area contributed by atoms with Crippen molar-refractivity contribution in [3.05, 3.63) is 36.2 Å². The standard InChI is InChI=1S/C14H17N3/c1-5-10(2)13-15-12-9-7-6-8-11(12)14(16-13)17(3)4/h5-9H,1-4H3. The molecule has 3 heteroatoms. The van der Waals surface area contributed by atoms with Crippen LogP contribution in [0, 0.1) is 0 Å². The zero-order chi connectivity index (χ0) is 12.4. The molecular weight excluding hydrogens is 210 g/mol. The number of nitrogens with zero attached hydrogens (tertiary/aromatic N) is 3. The summed E-state index contributed by atoms with van der Waals surface area (Å²) in [4.78, 5) is 11.2. The normalized spacial score (nSPS) is 11.9. The highest BCUT2D eigenvalue weighted by atomic mass is 15.2. The molecule has 0 atom stereocenters. The highest BCUT2D eigenvalue weighted by Crippen LogP contribution is 2.24. The second-order valence-corrected chi connectivity index (χ2v) is 4.25. The maximum absolute atomic E-state index is 4.62. The van der Waals surface area contributed by atoms with E-state index in [2.05, 4.69) is 16.0 Å². The fourth-order valence-corrected chi connectivity index (χ4v) is 1.71. The third-order valence-electron chi connectivity index (χ3n) is 2.79. The van der Waals surface area contributed by atoms with Crippen molar-refractivity contribution in [1.82, 2.24) is 9.97 Å². The number of hydrogen-bond acceptors (Lipinski definition) is 3. The monoisotopic (exact) mass is 227 g/mol. The van der Waals surface area contributed by atoms with Crippen molar-refractivity contribution in [2.24, 2.45) is 0 Å². The van der Waals surface area contributed by atoms with Crippen LogP contribution in [-0.4, -0.2) is 24.1 Å². The molecule has 0 amide bonds. The lowest BCUT2D eigenvalue weighted by Gasteiger charge is -2.15. The number of hydrogen-bond donors (Lipinski definition) is 0. The number of rotatable bonds is 2. The van der Waals surface area contributed by atoms with Crippen LogP contribution in [0.15, 0.2) is 30.3 Å². The van der Waals surface area contributed by atoms with Crippen molar-refractivity contribution in [2.75, 3.05) is 19.0 Å². The summed E-state index contributed by atoms with van der Waals surface area (Å²) in [6, 6.07) is 8.10. The molecule has 0 saturated heterocycles. The SMILES string of the molecule is CC=C(C)c1nc(N(C)C)c2ccccc2n1. The smallest absolute Gasteiger partial charge is 0.157 e. The van der Waals surface area contributed by atoms with Crippen LogP contribution >= 0.6 is 0 Å². The summed E-state index contributed by atoms with van der Waals surface area (Å²) in [5.74, 6) is 1.77. The third kappa shape index (κ3) is 2.13. The van der Waals surface area contributed by atoms with E-state index < -0.39 is 0 Å². The lowest BCUT2D eigenvalue weighted by Crippen LogP contribution is -2.12. The molecule has 0 aliphatic carbocycles. The Morgan fingerprint density at radius 3 is 2.53 bits per heavy atom. The Kier molecular flexibility index (Phi) is 3.09. The number of allylic oxidation sites excluding steroid dienone is 2. The van der Waals surface area contributed by atoms with Gasteiger partial charge in [-0.1, -0.05) is 18.2 Å². The van der Waals surface area contributed by atoms with Crippen LogP contribution in [0.25, 0.3) is 16.5 Å². The van der Waals surface area contributed by atoms with E-state index in [1.54, 1.807) is 0 Å². The molecule has 1 aromatic heterocycles. The minimum Gasteiger partial charge on any atom is -0.362 e. The van der Waals surface area contributed by atoms with Crippen molar-refractivity contribution in [1.29, 1.82) is 0 Å². The van der Waals surface area contributed by atoms with Gasteiger partial charge in [0.15, 0.2) is 5.82 Å². The molecule has 0 fully saturated rings. The van der Waals surface area contributed by atoms with Crippen molar-refractivity contribution < 1.29 is 0 Å². The first-order chi connectivity index (χ1) is 8.13. The zero-order valence-electron chi connectivity index (χ0n) is 10.7. The van der Waals surface area contributed by atoms with Gasteiger partial charge in [-0.15, -0.1) is 0 Å². The van der Waals surface area contributed by atoms with E-state index in [1.807, 2.05) is 57.1 Å². The molecule has 0 spiro atoms. The van der Waals surface area contributed by atoms with Crippen LogP contribution in [0.2, 0.25) is 0 Å². The molecule has 88 valence electrons. The lowest BCUT2D eigenvalue weighted by molar-refractivity contribution is 1.04. The predicted octanol–water partition coefficient (Wildman–Crippen LogP) is 3.12. The van der Waals surface area contributed by atoms with E-state index in [4.69, 9.17) is 0 Å². The number of para-hydroxylation sites is 1. The zero-order valence-corrected chi connectivity index (χ0v) is 10.7. The fourth-order valence-electron chi connectivity index (χ4n) is 1.71. The van der Waals surface area contributed by atoms with E-state index in [9.17, 15) is 0 Å². The summed E-state index contributed by atoms with van der Waals surface area (Å²) < 4.78 is 0. The average Bonchev–Trinajstić information content (AvgIpc) is 2.36. The third-order valence-corrected chi connectivity index (χ3v) is 2.79. The molecular formula is C14H17N3. The van der Waals surface area contributed by atoms with Crippen LogP contribution in [0.1, 0.15) is 19.7 Å². The van der Waals surface area contributed by atoms with Gasteiger partial charge < -0.3 is 4.90 Å². The maximum atomic E-state index is 4.62. The number of aromatic nitrogens is 2. The first-order valence-corrected chi connectivity index (χ1v) is 5.71.